The number of hydrogen-bond donors (Lipinski definition) is 1. The lowest BCUT2D eigenvalue weighted by atomic mass is 10.1. The molecule has 26 heavy (non-hydrogen) atoms. The number of alkyl halides is 3. The summed E-state index contributed by atoms with van der Waals surface area (Å²) >= 11 is 0. The Labute approximate surface area is 157 Å². The maximum Gasteiger partial charge on any atom is 0.435 e. The van der Waals surface area contributed by atoms with E-state index in [9.17, 15) is 21.6 Å². The first-order valence-electron chi connectivity index (χ1n) is 10.5. The third-order valence-electron chi connectivity index (χ3n) is 3.18. The smallest absolute Gasteiger partial charge is 0.233 e. The summed E-state index contributed by atoms with van der Waals surface area (Å²) < 4.78 is 119. The van der Waals surface area contributed by atoms with E-state index in [0.717, 1.165) is 24.3 Å². The van der Waals surface area contributed by atoms with Crippen molar-refractivity contribution in [2.45, 2.75) is 17.9 Å². The van der Waals surface area contributed by atoms with Crippen LogP contribution in [0.5, 0.6) is 0 Å². The van der Waals surface area contributed by atoms with Crippen LogP contribution in [0.3, 0.4) is 0 Å². The van der Waals surface area contributed by atoms with E-state index in [-0.39, 0.29) is 11.1 Å². The van der Waals surface area contributed by atoms with Gasteiger partial charge < -0.3 is 0 Å². The molecule has 0 fully saturated rings. The first-order chi connectivity index (χ1) is 15.1. The normalized spacial score (nSPS) is 16.3. The Morgan fingerprint density at radius 1 is 1.15 bits per heavy atom. The number of hydrogen-bond acceptors (Lipinski definition) is 3. The molecule has 0 atom stereocenters. The van der Waals surface area contributed by atoms with Crippen LogP contribution >= 0.6 is 0 Å². The molecule has 0 aliphatic heterocycles. The van der Waals surface area contributed by atoms with Gasteiger partial charge in [-0.15, -0.1) is 0 Å². The molecule has 0 radical (unpaired) electrons. The minimum Gasteiger partial charge on any atom is -0.233 e. The number of nitrogens with two attached hydrogens (primary N) is 1. The van der Waals surface area contributed by atoms with Gasteiger partial charge in [-0.3, -0.25) is 0 Å². The first kappa shape index (κ1) is 11.1. The number of sulfonamides is 1. The van der Waals surface area contributed by atoms with Gasteiger partial charge in [-0.05, 0) is 37.1 Å². The zero-order chi connectivity index (χ0) is 25.0. The Bertz CT molecular complexity index is 1380. The van der Waals surface area contributed by atoms with Crippen molar-refractivity contribution in [3.63, 3.8) is 0 Å². The van der Waals surface area contributed by atoms with E-state index in [1.54, 1.807) is 0 Å². The Morgan fingerprint density at radius 2 is 1.92 bits per heavy atom. The molecule has 0 aliphatic carbocycles. The SMILES string of the molecule is [2H]c1c(-c2c([2H])c(C(F)(F)F)nn2-c2ccc(S(N)(=O)=O)c([2H])c2[2H])ccc(C([2H])[2H])c1[2H]. The van der Waals surface area contributed by atoms with Crippen LogP contribution in [0.15, 0.2) is 59.4 Å². The number of rotatable bonds is 3. The molecule has 0 aliphatic rings. The number of halogens is 3. The van der Waals surface area contributed by atoms with E-state index in [4.69, 9.17) is 14.7 Å². The molecule has 0 spiro atoms. The van der Waals surface area contributed by atoms with Gasteiger partial charge in [-0.25, -0.2) is 18.2 Å². The molecular weight excluding hydrogens is 367 g/mol. The Morgan fingerprint density at radius 3 is 2.58 bits per heavy atom. The summed E-state index contributed by atoms with van der Waals surface area (Å²) in [6.07, 6.45) is -5.11. The van der Waals surface area contributed by atoms with Gasteiger partial charge in [-0.2, -0.15) is 18.3 Å². The lowest BCUT2D eigenvalue weighted by Crippen LogP contribution is -2.12. The van der Waals surface area contributed by atoms with E-state index in [2.05, 4.69) is 5.10 Å². The summed E-state index contributed by atoms with van der Waals surface area (Å²) in [5.74, 6) is 0. The van der Waals surface area contributed by atoms with Crippen molar-refractivity contribution in [3.8, 4) is 16.9 Å². The maximum atomic E-state index is 13.5. The van der Waals surface area contributed by atoms with Crippen molar-refractivity contribution >= 4 is 10.0 Å². The molecule has 3 aromatic rings. The van der Waals surface area contributed by atoms with E-state index < -0.39 is 75.3 Å². The van der Waals surface area contributed by atoms with Gasteiger partial charge in [0.1, 0.15) is 0 Å². The van der Waals surface area contributed by atoms with Crippen molar-refractivity contribution in [3.05, 3.63) is 65.7 Å². The number of primary sulfonamides is 1. The molecule has 0 amide bonds. The van der Waals surface area contributed by atoms with Gasteiger partial charge >= 0.3 is 6.18 Å². The average Bonchev–Trinajstić information content (AvgIpc) is 3.02. The van der Waals surface area contributed by atoms with E-state index in [0.29, 0.717) is 4.68 Å². The predicted molar refractivity (Wildman–Crippen MR) is 90.1 cm³/mol. The van der Waals surface area contributed by atoms with Crippen LogP contribution in [0.1, 0.15) is 20.9 Å². The molecule has 0 bridgehead atoms. The summed E-state index contributed by atoms with van der Waals surface area (Å²) in [6, 6.07) is -0.403. The van der Waals surface area contributed by atoms with Crippen LogP contribution in [-0.2, 0) is 16.2 Å². The molecule has 136 valence electrons. The molecule has 1 aromatic heterocycles. The lowest BCUT2D eigenvalue weighted by molar-refractivity contribution is -0.141. The summed E-state index contributed by atoms with van der Waals surface area (Å²) in [5.41, 5.74) is -3.38. The van der Waals surface area contributed by atoms with Crippen LogP contribution < -0.4 is 5.14 Å². The Kier molecular flexibility index (Phi) is 2.68. The number of nitrogens with zero attached hydrogens (tertiary/aromatic N) is 2. The fourth-order valence-corrected chi connectivity index (χ4v) is 2.46. The Hall–Kier alpha value is -2.65. The van der Waals surface area contributed by atoms with Crippen LogP contribution in [0.2, 0.25) is 0 Å². The minimum atomic E-state index is -5.11. The number of benzene rings is 2. The molecule has 5 nitrogen and oxygen atoms in total. The second-order valence-electron chi connectivity index (χ2n) is 5.06. The highest BCUT2D eigenvalue weighted by Crippen LogP contribution is 2.33. The minimum absolute atomic E-state index is 0.190. The molecule has 3 rings (SSSR count). The monoisotopic (exact) mass is 388 g/mol. The van der Waals surface area contributed by atoms with Crippen molar-refractivity contribution < 1.29 is 31.2 Å². The van der Waals surface area contributed by atoms with E-state index >= 15 is 0 Å². The Balaban J connectivity index is 2.41. The van der Waals surface area contributed by atoms with Gasteiger partial charge in [0.15, 0.2) is 5.69 Å². The van der Waals surface area contributed by atoms with Crippen molar-refractivity contribution in [1.29, 1.82) is 0 Å². The van der Waals surface area contributed by atoms with Gasteiger partial charge in [0.25, 0.3) is 0 Å². The molecule has 0 saturated heterocycles. The zero-order valence-corrected chi connectivity index (χ0v) is 13.5. The van der Waals surface area contributed by atoms with Gasteiger partial charge in [-0.1, -0.05) is 29.8 Å². The third-order valence-corrected chi connectivity index (χ3v) is 4.04. The summed E-state index contributed by atoms with van der Waals surface area (Å²) in [6.45, 7) is -1.64. The van der Waals surface area contributed by atoms with Crippen molar-refractivity contribution in [1.82, 2.24) is 9.78 Å². The highest BCUT2D eigenvalue weighted by molar-refractivity contribution is 7.89. The van der Waals surface area contributed by atoms with Crippen LogP contribution in [0.25, 0.3) is 16.9 Å². The maximum absolute atomic E-state index is 13.5. The molecular formula is C17H14F3N3O2S. The quantitative estimate of drug-likeness (QED) is 0.746. The second-order valence-corrected chi connectivity index (χ2v) is 6.59. The van der Waals surface area contributed by atoms with Crippen LogP contribution in [-0.4, -0.2) is 18.2 Å². The molecule has 9 heteroatoms. The topological polar surface area (TPSA) is 78.0 Å². The molecule has 0 unspecified atom stereocenters. The van der Waals surface area contributed by atoms with Crippen molar-refractivity contribution in [2.24, 2.45) is 5.14 Å². The van der Waals surface area contributed by atoms with Crippen molar-refractivity contribution in [2.75, 3.05) is 0 Å². The largest absolute Gasteiger partial charge is 0.435 e. The second kappa shape index (κ2) is 6.26. The highest BCUT2D eigenvalue weighted by Gasteiger charge is 2.35. The fraction of sp³-hybridized carbons (Fsp3) is 0.118. The first-order valence-corrected chi connectivity index (χ1v) is 8.37. The van der Waals surface area contributed by atoms with Crippen LogP contribution in [0, 0.1) is 6.88 Å². The summed E-state index contributed by atoms with van der Waals surface area (Å²) in [7, 11) is -4.41. The van der Waals surface area contributed by atoms with Gasteiger partial charge in [0.2, 0.25) is 10.0 Å². The lowest BCUT2D eigenvalue weighted by Gasteiger charge is -2.09. The molecule has 0 saturated carbocycles. The number of aryl methyl sites for hydroxylation is 1. The fourth-order valence-electron chi connectivity index (χ4n) is 2.01. The summed E-state index contributed by atoms with van der Waals surface area (Å²) in [4.78, 5) is -0.747. The van der Waals surface area contributed by atoms with Gasteiger partial charge in [0, 0.05) is 8.30 Å². The zero-order valence-electron chi connectivity index (χ0n) is 19.7. The van der Waals surface area contributed by atoms with E-state index in [1.807, 2.05) is 0 Å². The standard InChI is InChI=1S/C17H14F3N3O2S/c1-11-2-4-12(5-3-11)15-10-16(17(18,19)20)22-23(15)13-6-8-14(9-7-13)26(21,24)25/h2-10H,1H3,(H2,21,24,25)/i1D2,2D,4D,6D,8D,10D. The average molecular weight is 388 g/mol. The third kappa shape index (κ3) is 3.63. The predicted octanol–water partition coefficient (Wildman–Crippen LogP) is 3.51. The van der Waals surface area contributed by atoms with Gasteiger partial charge in [0.05, 0.1) is 23.1 Å². The van der Waals surface area contributed by atoms with E-state index in [1.165, 1.54) is 0 Å². The molecule has 2 N–H and O–H groups in total. The highest BCUT2D eigenvalue weighted by atomic mass is 32.2. The van der Waals surface area contributed by atoms with Crippen LogP contribution in [0.4, 0.5) is 13.2 Å². The summed E-state index contributed by atoms with van der Waals surface area (Å²) in [5, 5.41) is 8.34. The number of aromatic nitrogens is 2. The molecule has 2 aromatic carbocycles. The molecule has 1 heterocycles.